The first-order chi connectivity index (χ1) is 9.54. The lowest BCUT2D eigenvalue weighted by atomic mass is 9.93. The van der Waals surface area contributed by atoms with Crippen LogP contribution in [-0.2, 0) is 0 Å². The lowest BCUT2D eigenvalue weighted by molar-refractivity contribution is 0.490. The van der Waals surface area contributed by atoms with Crippen LogP contribution < -0.4 is 10.6 Å². The van der Waals surface area contributed by atoms with Crippen molar-refractivity contribution in [3.8, 4) is 5.69 Å². The van der Waals surface area contributed by atoms with Gasteiger partial charge >= 0.3 is 0 Å². The zero-order valence-corrected chi connectivity index (χ0v) is 12.7. The Kier molecular flexibility index (Phi) is 4.45. The molecule has 0 fully saturated rings. The van der Waals surface area contributed by atoms with E-state index in [9.17, 15) is 0 Å². The molecule has 4 nitrogen and oxygen atoms in total. The molecular weight excluding hydrogens is 248 g/mol. The van der Waals surface area contributed by atoms with Gasteiger partial charge in [0.1, 0.15) is 0 Å². The Morgan fingerprint density at radius 3 is 2.65 bits per heavy atom. The standard InChI is InChI=1S/C16H24N4/c1-12(2)15(9-17)16-10-18-11-20(16)14-7-5-6-13(8-14)19(3)4/h5-8,10-12,15H,9,17H2,1-4H3. The first-order valence-electron chi connectivity index (χ1n) is 7.04. The van der Waals surface area contributed by atoms with Crippen LogP contribution in [0.25, 0.3) is 5.69 Å². The molecule has 0 aliphatic carbocycles. The fourth-order valence-electron chi connectivity index (χ4n) is 2.45. The predicted molar refractivity (Wildman–Crippen MR) is 84.5 cm³/mol. The average molecular weight is 272 g/mol. The Bertz CT molecular complexity index is 557. The molecule has 0 amide bonds. The van der Waals surface area contributed by atoms with E-state index >= 15 is 0 Å². The fourth-order valence-corrected chi connectivity index (χ4v) is 2.45. The molecule has 4 heteroatoms. The van der Waals surface area contributed by atoms with E-state index in [1.165, 1.54) is 11.4 Å². The molecule has 0 radical (unpaired) electrons. The Labute approximate surface area is 121 Å². The zero-order valence-electron chi connectivity index (χ0n) is 12.7. The van der Waals surface area contributed by atoms with Gasteiger partial charge in [-0.2, -0.15) is 0 Å². The van der Waals surface area contributed by atoms with Crippen LogP contribution in [0.15, 0.2) is 36.8 Å². The maximum absolute atomic E-state index is 5.94. The highest BCUT2D eigenvalue weighted by molar-refractivity contribution is 5.52. The van der Waals surface area contributed by atoms with Gasteiger partial charge in [0.2, 0.25) is 0 Å². The largest absolute Gasteiger partial charge is 0.378 e. The van der Waals surface area contributed by atoms with Crippen molar-refractivity contribution in [2.75, 3.05) is 25.5 Å². The van der Waals surface area contributed by atoms with Crippen LogP contribution >= 0.6 is 0 Å². The SMILES string of the molecule is CC(C)C(CN)c1cncn1-c1cccc(N(C)C)c1. The lowest BCUT2D eigenvalue weighted by Gasteiger charge is -2.21. The zero-order chi connectivity index (χ0) is 14.7. The molecule has 1 aromatic carbocycles. The van der Waals surface area contributed by atoms with Crippen LogP contribution in [0, 0.1) is 5.92 Å². The summed E-state index contributed by atoms with van der Waals surface area (Å²) in [7, 11) is 4.09. The normalized spacial score (nSPS) is 12.7. The van der Waals surface area contributed by atoms with Gasteiger partial charge in [0.25, 0.3) is 0 Å². The second-order valence-electron chi connectivity index (χ2n) is 5.69. The first-order valence-corrected chi connectivity index (χ1v) is 7.04. The van der Waals surface area contributed by atoms with E-state index in [0.717, 1.165) is 5.69 Å². The summed E-state index contributed by atoms with van der Waals surface area (Å²) in [6.45, 7) is 5.03. The van der Waals surface area contributed by atoms with Crippen LogP contribution in [0.2, 0.25) is 0 Å². The maximum Gasteiger partial charge on any atom is 0.0994 e. The highest BCUT2D eigenvalue weighted by Gasteiger charge is 2.19. The van der Waals surface area contributed by atoms with E-state index in [0.29, 0.717) is 18.4 Å². The number of nitrogens with two attached hydrogens (primary N) is 1. The molecule has 108 valence electrons. The van der Waals surface area contributed by atoms with Gasteiger partial charge in [0.15, 0.2) is 0 Å². The topological polar surface area (TPSA) is 47.1 Å². The van der Waals surface area contributed by atoms with Gasteiger partial charge < -0.3 is 15.2 Å². The Morgan fingerprint density at radius 1 is 1.30 bits per heavy atom. The van der Waals surface area contributed by atoms with Crippen LogP contribution in [-0.4, -0.2) is 30.2 Å². The number of benzene rings is 1. The molecule has 2 N–H and O–H groups in total. The summed E-state index contributed by atoms with van der Waals surface area (Å²) in [6, 6.07) is 8.44. The van der Waals surface area contributed by atoms with Gasteiger partial charge in [0.05, 0.1) is 6.33 Å². The number of hydrogen-bond acceptors (Lipinski definition) is 3. The van der Waals surface area contributed by atoms with Crippen molar-refractivity contribution in [3.63, 3.8) is 0 Å². The summed E-state index contributed by atoms with van der Waals surface area (Å²) in [5, 5.41) is 0. The van der Waals surface area contributed by atoms with E-state index in [1.807, 2.05) is 26.6 Å². The third-order valence-corrected chi connectivity index (χ3v) is 3.73. The second-order valence-corrected chi connectivity index (χ2v) is 5.69. The van der Waals surface area contributed by atoms with Crippen LogP contribution in [0.1, 0.15) is 25.5 Å². The average Bonchev–Trinajstić information content (AvgIpc) is 2.88. The van der Waals surface area contributed by atoms with Gasteiger partial charge in [-0.05, 0) is 24.1 Å². The van der Waals surface area contributed by atoms with Gasteiger partial charge in [-0.3, -0.25) is 0 Å². The second kappa shape index (κ2) is 6.09. The lowest BCUT2D eigenvalue weighted by Crippen LogP contribution is -2.20. The molecule has 0 bridgehead atoms. The van der Waals surface area contributed by atoms with Crippen LogP contribution in [0.4, 0.5) is 5.69 Å². The molecule has 1 heterocycles. The van der Waals surface area contributed by atoms with Gasteiger partial charge in [0, 0.05) is 49.8 Å². The smallest absolute Gasteiger partial charge is 0.0994 e. The number of anilines is 1. The van der Waals surface area contributed by atoms with E-state index in [2.05, 4.69) is 52.6 Å². The summed E-state index contributed by atoms with van der Waals surface area (Å²) in [6.07, 6.45) is 3.80. The van der Waals surface area contributed by atoms with Crippen molar-refractivity contribution < 1.29 is 0 Å². The molecule has 0 aliphatic rings. The fraction of sp³-hybridized carbons (Fsp3) is 0.438. The van der Waals surface area contributed by atoms with E-state index in [4.69, 9.17) is 5.73 Å². The van der Waals surface area contributed by atoms with Gasteiger partial charge in [-0.1, -0.05) is 19.9 Å². The molecule has 0 spiro atoms. The molecule has 2 aromatic rings. The Morgan fingerprint density at radius 2 is 2.05 bits per heavy atom. The highest BCUT2D eigenvalue weighted by atomic mass is 15.1. The molecule has 0 aliphatic heterocycles. The van der Waals surface area contributed by atoms with Crippen LogP contribution in [0.5, 0.6) is 0 Å². The monoisotopic (exact) mass is 272 g/mol. The summed E-state index contributed by atoms with van der Waals surface area (Å²) < 4.78 is 2.14. The van der Waals surface area contributed by atoms with Crippen molar-refractivity contribution in [2.24, 2.45) is 11.7 Å². The molecule has 1 atom stereocenters. The molecule has 0 saturated heterocycles. The van der Waals surface area contributed by atoms with E-state index in [-0.39, 0.29) is 0 Å². The Balaban J connectivity index is 2.44. The molecule has 0 saturated carbocycles. The summed E-state index contributed by atoms with van der Waals surface area (Å²) in [4.78, 5) is 6.42. The third-order valence-electron chi connectivity index (χ3n) is 3.73. The molecule has 1 unspecified atom stereocenters. The minimum Gasteiger partial charge on any atom is -0.378 e. The van der Waals surface area contributed by atoms with Crippen molar-refractivity contribution in [1.29, 1.82) is 0 Å². The van der Waals surface area contributed by atoms with Gasteiger partial charge in [-0.25, -0.2) is 4.98 Å². The van der Waals surface area contributed by atoms with Crippen molar-refractivity contribution in [1.82, 2.24) is 9.55 Å². The molecule has 20 heavy (non-hydrogen) atoms. The first kappa shape index (κ1) is 14.6. The number of aromatic nitrogens is 2. The van der Waals surface area contributed by atoms with E-state index in [1.54, 1.807) is 0 Å². The summed E-state index contributed by atoms with van der Waals surface area (Å²) in [5.41, 5.74) is 9.42. The number of nitrogens with zero attached hydrogens (tertiary/aromatic N) is 3. The minimum absolute atomic E-state index is 0.320. The molecule has 1 aromatic heterocycles. The minimum atomic E-state index is 0.320. The predicted octanol–water partition coefficient (Wildman–Crippen LogP) is 2.64. The quantitative estimate of drug-likeness (QED) is 0.910. The van der Waals surface area contributed by atoms with E-state index < -0.39 is 0 Å². The summed E-state index contributed by atoms with van der Waals surface area (Å²) in [5.74, 6) is 0.813. The summed E-state index contributed by atoms with van der Waals surface area (Å²) >= 11 is 0. The maximum atomic E-state index is 5.94. The molecular formula is C16H24N4. The highest BCUT2D eigenvalue weighted by Crippen LogP contribution is 2.26. The number of rotatable bonds is 5. The van der Waals surface area contributed by atoms with Crippen molar-refractivity contribution in [2.45, 2.75) is 19.8 Å². The van der Waals surface area contributed by atoms with Crippen molar-refractivity contribution in [3.05, 3.63) is 42.5 Å². The van der Waals surface area contributed by atoms with Crippen molar-refractivity contribution >= 4 is 5.69 Å². The Hall–Kier alpha value is -1.81. The van der Waals surface area contributed by atoms with Gasteiger partial charge in [-0.15, -0.1) is 0 Å². The number of imidazole rings is 1. The molecule has 2 rings (SSSR count). The third kappa shape index (κ3) is 2.85. The number of hydrogen-bond donors (Lipinski definition) is 1. The van der Waals surface area contributed by atoms with Crippen LogP contribution in [0.3, 0.4) is 0 Å².